The van der Waals surface area contributed by atoms with Gasteiger partial charge in [0.1, 0.15) is 11.4 Å². The van der Waals surface area contributed by atoms with E-state index in [-0.39, 0.29) is 6.42 Å². The van der Waals surface area contributed by atoms with Gasteiger partial charge in [0.2, 0.25) is 0 Å². The number of benzene rings is 1. The molecule has 0 heterocycles. The number of aliphatic carboxylic acids is 1. The zero-order chi connectivity index (χ0) is 12.5. The van der Waals surface area contributed by atoms with Crippen LogP contribution in [0.1, 0.15) is 31.2 Å². The topological polar surface area (TPSA) is 46.5 Å². The molecule has 1 aromatic rings. The normalized spacial score (nSPS) is 17.3. The molecule has 0 aliphatic heterocycles. The maximum atomic E-state index is 10.8. The Morgan fingerprint density at radius 1 is 1.53 bits per heavy atom. The van der Waals surface area contributed by atoms with E-state index in [2.05, 4.69) is 0 Å². The molecule has 1 fully saturated rings. The van der Waals surface area contributed by atoms with Gasteiger partial charge in [-0.15, -0.1) is 0 Å². The molecular weight excluding hydrogens is 240 g/mol. The van der Waals surface area contributed by atoms with Crippen molar-refractivity contribution in [2.45, 2.75) is 38.2 Å². The van der Waals surface area contributed by atoms with Gasteiger partial charge in [0.15, 0.2) is 0 Å². The van der Waals surface area contributed by atoms with Crippen molar-refractivity contribution in [2.24, 2.45) is 0 Å². The molecular formula is C13H15ClO3. The summed E-state index contributed by atoms with van der Waals surface area (Å²) in [5, 5.41) is 9.57. The molecule has 0 atom stereocenters. The molecule has 1 aliphatic rings. The molecule has 0 amide bonds. The predicted molar refractivity (Wildman–Crippen MR) is 65.7 cm³/mol. The van der Waals surface area contributed by atoms with Crippen molar-refractivity contribution < 1.29 is 14.6 Å². The number of hydrogen-bond donors (Lipinski definition) is 1. The summed E-state index contributed by atoms with van der Waals surface area (Å²) in [5.74, 6) is -0.0772. The highest BCUT2D eigenvalue weighted by molar-refractivity contribution is 6.30. The van der Waals surface area contributed by atoms with Crippen LogP contribution in [0.3, 0.4) is 0 Å². The Labute approximate surface area is 105 Å². The lowest BCUT2D eigenvalue weighted by Crippen LogP contribution is -2.45. The highest BCUT2D eigenvalue weighted by Crippen LogP contribution is 2.40. The Hall–Kier alpha value is -1.22. The Morgan fingerprint density at radius 2 is 2.24 bits per heavy atom. The first-order chi connectivity index (χ1) is 8.01. The molecule has 3 nitrogen and oxygen atoms in total. The molecule has 0 unspecified atom stereocenters. The third-order valence-electron chi connectivity index (χ3n) is 3.20. The average Bonchev–Trinajstić information content (AvgIpc) is 2.18. The van der Waals surface area contributed by atoms with Crippen molar-refractivity contribution in [3.05, 3.63) is 28.8 Å². The number of halogens is 1. The van der Waals surface area contributed by atoms with Crippen molar-refractivity contribution in [3.8, 4) is 5.75 Å². The second-order valence-electron chi connectivity index (χ2n) is 4.62. The average molecular weight is 255 g/mol. The SMILES string of the molecule is Cc1cc(Cl)ccc1OC1(CC(=O)O)CCC1. The summed E-state index contributed by atoms with van der Waals surface area (Å²) in [6, 6.07) is 5.39. The summed E-state index contributed by atoms with van der Waals surface area (Å²) in [6.45, 7) is 1.91. The molecule has 1 aromatic carbocycles. The van der Waals surface area contributed by atoms with Gasteiger partial charge in [-0.2, -0.15) is 0 Å². The Morgan fingerprint density at radius 3 is 2.71 bits per heavy atom. The highest BCUT2D eigenvalue weighted by Gasteiger charge is 2.41. The molecule has 4 heteroatoms. The molecule has 0 aromatic heterocycles. The minimum Gasteiger partial charge on any atom is -0.486 e. The number of carboxylic acid groups (broad SMARTS) is 1. The van der Waals surface area contributed by atoms with Gasteiger partial charge >= 0.3 is 5.97 Å². The van der Waals surface area contributed by atoms with Gasteiger partial charge < -0.3 is 9.84 Å². The second kappa shape index (κ2) is 4.57. The van der Waals surface area contributed by atoms with Crippen molar-refractivity contribution in [1.29, 1.82) is 0 Å². The molecule has 0 radical (unpaired) electrons. The quantitative estimate of drug-likeness (QED) is 0.896. The largest absolute Gasteiger partial charge is 0.486 e. The fourth-order valence-corrected chi connectivity index (χ4v) is 2.35. The molecule has 0 spiro atoms. The lowest BCUT2D eigenvalue weighted by molar-refractivity contribution is -0.144. The lowest BCUT2D eigenvalue weighted by Gasteiger charge is -2.41. The Kier molecular flexibility index (Phi) is 3.29. The van der Waals surface area contributed by atoms with Crippen LogP contribution in [0.4, 0.5) is 0 Å². The van der Waals surface area contributed by atoms with Crippen LogP contribution in [0.5, 0.6) is 5.75 Å². The van der Waals surface area contributed by atoms with Crippen molar-refractivity contribution in [3.63, 3.8) is 0 Å². The van der Waals surface area contributed by atoms with E-state index in [1.165, 1.54) is 0 Å². The van der Waals surface area contributed by atoms with E-state index >= 15 is 0 Å². The number of hydrogen-bond acceptors (Lipinski definition) is 2. The summed E-state index contributed by atoms with van der Waals surface area (Å²) in [7, 11) is 0. The maximum Gasteiger partial charge on any atom is 0.307 e. The molecule has 1 aliphatic carbocycles. The van der Waals surface area contributed by atoms with E-state index < -0.39 is 11.6 Å². The van der Waals surface area contributed by atoms with Gasteiger partial charge in [-0.05, 0) is 49.9 Å². The van der Waals surface area contributed by atoms with Crippen LogP contribution >= 0.6 is 11.6 Å². The van der Waals surface area contributed by atoms with Crippen LogP contribution in [-0.4, -0.2) is 16.7 Å². The Balaban J connectivity index is 2.15. The van der Waals surface area contributed by atoms with E-state index in [1.54, 1.807) is 12.1 Å². The van der Waals surface area contributed by atoms with E-state index in [9.17, 15) is 4.79 Å². The van der Waals surface area contributed by atoms with Crippen LogP contribution < -0.4 is 4.74 Å². The van der Waals surface area contributed by atoms with Crippen molar-refractivity contribution >= 4 is 17.6 Å². The number of carboxylic acids is 1. The van der Waals surface area contributed by atoms with Crippen LogP contribution in [0, 0.1) is 6.92 Å². The third-order valence-corrected chi connectivity index (χ3v) is 3.44. The highest BCUT2D eigenvalue weighted by atomic mass is 35.5. The fraction of sp³-hybridized carbons (Fsp3) is 0.462. The predicted octanol–water partition coefficient (Wildman–Crippen LogP) is 3.42. The van der Waals surface area contributed by atoms with E-state index in [4.69, 9.17) is 21.4 Å². The minimum absolute atomic E-state index is 0.0646. The summed E-state index contributed by atoms with van der Waals surface area (Å²) in [6.07, 6.45) is 2.71. The first-order valence-corrected chi connectivity index (χ1v) is 6.06. The van der Waals surface area contributed by atoms with E-state index in [0.717, 1.165) is 30.6 Å². The summed E-state index contributed by atoms with van der Waals surface area (Å²) < 4.78 is 5.90. The van der Waals surface area contributed by atoms with Gasteiger partial charge in [0.25, 0.3) is 0 Å². The number of rotatable bonds is 4. The van der Waals surface area contributed by atoms with Crippen molar-refractivity contribution in [1.82, 2.24) is 0 Å². The van der Waals surface area contributed by atoms with Crippen LogP contribution in [0.15, 0.2) is 18.2 Å². The zero-order valence-electron chi connectivity index (χ0n) is 9.70. The van der Waals surface area contributed by atoms with E-state index in [1.807, 2.05) is 13.0 Å². The van der Waals surface area contributed by atoms with Gasteiger partial charge in [-0.1, -0.05) is 11.6 Å². The lowest BCUT2D eigenvalue weighted by atomic mass is 9.77. The summed E-state index contributed by atoms with van der Waals surface area (Å²) in [4.78, 5) is 10.8. The molecule has 92 valence electrons. The second-order valence-corrected chi connectivity index (χ2v) is 5.06. The first kappa shape index (κ1) is 12.2. The maximum absolute atomic E-state index is 10.8. The number of aryl methyl sites for hydroxylation is 1. The number of carbonyl (C=O) groups is 1. The van der Waals surface area contributed by atoms with E-state index in [0.29, 0.717) is 5.02 Å². The molecule has 0 bridgehead atoms. The standard InChI is InChI=1S/C13H15ClO3/c1-9-7-10(14)3-4-11(9)17-13(5-2-6-13)8-12(15)16/h3-4,7H,2,5-6,8H2,1H3,(H,15,16). The van der Waals surface area contributed by atoms with Gasteiger partial charge in [-0.3, -0.25) is 4.79 Å². The molecule has 0 saturated heterocycles. The van der Waals surface area contributed by atoms with Crippen LogP contribution in [0.2, 0.25) is 5.02 Å². The van der Waals surface area contributed by atoms with Crippen LogP contribution in [0.25, 0.3) is 0 Å². The number of ether oxygens (including phenoxy) is 1. The monoisotopic (exact) mass is 254 g/mol. The summed E-state index contributed by atoms with van der Waals surface area (Å²) >= 11 is 5.87. The molecule has 1 saturated carbocycles. The molecule has 1 N–H and O–H groups in total. The third kappa shape index (κ3) is 2.72. The first-order valence-electron chi connectivity index (χ1n) is 5.68. The smallest absolute Gasteiger partial charge is 0.307 e. The van der Waals surface area contributed by atoms with Crippen LogP contribution in [-0.2, 0) is 4.79 Å². The Bertz CT molecular complexity index is 438. The van der Waals surface area contributed by atoms with Gasteiger partial charge in [0, 0.05) is 5.02 Å². The molecule has 2 rings (SSSR count). The minimum atomic E-state index is -0.809. The van der Waals surface area contributed by atoms with Gasteiger partial charge in [-0.25, -0.2) is 0 Å². The molecule has 17 heavy (non-hydrogen) atoms. The van der Waals surface area contributed by atoms with Gasteiger partial charge in [0.05, 0.1) is 6.42 Å². The summed E-state index contributed by atoms with van der Waals surface area (Å²) in [5.41, 5.74) is 0.430. The zero-order valence-corrected chi connectivity index (χ0v) is 10.5. The fourth-order valence-electron chi connectivity index (χ4n) is 2.12. The van der Waals surface area contributed by atoms with Crippen molar-refractivity contribution in [2.75, 3.05) is 0 Å².